The number of nitrogens with one attached hydrogen (secondary N) is 1. The molecule has 2 aliphatic heterocycles. The lowest BCUT2D eigenvalue weighted by Crippen LogP contribution is -2.36. The molecule has 1 aromatic carbocycles. The number of dihydropyridines is 1. The lowest BCUT2D eigenvalue weighted by Gasteiger charge is -2.36. The molecule has 0 radical (unpaired) electrons. The molecule has 0 saturated heterocycles. The van der Waals surface area contributed by atoms with Crippen LogP contribution in [-0.4, -0.2) is 25.7 Å². The standard InChI is InChI=1S/C23H20BrNO5S/c1-11-20(23(27)28-2)21(13-8-17-18(9-14(13)24)30-10-29-17)22-15(25-11)6-12(7-16(22)26)19-4-3-5-31-19/h3-5,8-9,12,21,25H,6-7,10H2,1-2H3. The van der Waals surface area contributed by atoms with Crippen molar-refractivity contribution < 1.29 is 23.8 Å². The summed E-state index contributed by atoms with van der Waals surface area (Å²) >= 11 is 5.29. The Hall–Kier alpha value is -2.58. The van der Waals surface area contributed by atoms with E-state index in [1.807, 2.05) is 30.5 Å². The third-order valence-electron chi connectivity index (χ3n) is 5.98. The van der Waals surface area contributed by atoms with Crippen molar-refractivity contribution in [1.82, 2.24) is 5.32 Å². The molecule has 0 spiro atoms. The summed E-state index contributed by atoms with van der Waals surface area (Å²) in [5, 5.41) is 5.38. The smallest absolute Gasteiger partial charge is 0.336 e. The van der Waals surface area contributed by atoms with Crippen LogP contribution in [-0.2, 0) is 14.3 Å². The number of methoxy groups -OCH3 is 1. The third kappa shape index (κ3) is 3.38. The SMILES string of the molecule is COC(=O)C1=C(C)NC2=C(C(=O)CC(c3cccs3)C2)C1c1cc2c(cc1Br)OCO2. The first kappa shape index (κ1) is 20.3. The molecule has 1 aliphatic carbocycles. The minimum atomic E-state index is -0.552. The number of hydrogen-bond donors (Lipinski definition) is 1. The van der Waals surface area contributed by atoms with Crippen molar-refractivity contribution >= 4 is 39.0 Å². The van der Waals surface area contributed by atoms with Gasteiger partial charge in [0.1, 0.15) is 0 Å². The molecule has 0 saturated carbocycles. The highest BCUT2D eigenvalue weighted by molar-refractivity contribution is 9.10. The zero-order chi connectivity index (χ0) is 21.7. The normalized spacial score (nSPS) is 22.4. The second-order valence-corrected chi connectivity index (χ2v) is 9.58. The fourth-order valence-electron chi connectivity index (χ4n) is 4.61. The first-order chi connectivity index (χ1) is 15.0. The van der Waals surface area contributed by atoms with E-state index in [9.17, 15) is 9.59 Å². The van der Waals surface area contributed by atoms with E-state index in [-0.39, 0.29) is 18.5 Å². The summed E-state index contributed by atoms with van der Waals surface area (Å²) < 4.78 is 16.9. The van der Waals surface area contributed by atoms with Crippen LogP contribution in [0.1, 0.15) is 42.0 Å². The zero-order valence-corrected chi connectivity index (χ0v) is 19.4. The van der Waals surface area contributed by atoms with Gasteiger partial charge in [0, 0.05) is 44.6 Å². The molecule has 1 N–H and O–H groups in total. The zero-order valence-electron chi connectivity index (χ0n) is 17.0. The first-order valence-corrected chi connectivity index (χ1v) is 11.6. The number of fused-ring (bicyclic) bond motifs is 1. The van der Waals surface area contributed by atoms with Crippen LogP contribution >= 0.6 is 27.3 Å². The van der Waals surface area contributed by atoms with Gasteiger partial charge in [0.25, 0.3) is 0 Å². The predicted octanol–water partition coefficient (Wildman–Crippen LogP) is 4.77. The quantitative estimate of drug-likeness (QED) is 0.610. The Labute approximate surface area is 192 Å². The number of benzene rings is 1. The predicted molar refractivity (Wildman–Crippen MR) is 119 cm³/mol. The van der Waals surface area contributed by atoms with Crippen molar-refractivity contribution in [1.29, 1.82) is 0 Å². The number of rotatable bonds is 3. The largest absolute Gasteiger partial charge is 0.466 e. The number of allylic oxidation sites excluding steroid dienone is 3. The van der Waals surface area contributed by atoms with E-state index < -0.39 is 11.9 Å². The molecule has 6 nitrogen and oxygen atoms in total. The van der Waals surface area contributed by atoms with E-state index in [2.05, 4.69) is 27.3 Å². The van der Waals surface area contributed by atoms with E-state index in [1.54, 1.807) is 11.3 Å². The number of carbonyl (C=O) groups excluding carboxylic acids is 2. The van der Waals surface area contributed by atoms with Crippen LogP contribution in [0.25, 0.3) is 0 Å². The molecule has 160 valence electrons. The molecular weight excluding hydrogens is 482 g/mol. The Morgan fingerprint density at radius 1 is 1.26 bits per heavy atom. The Balaban J connectivity index is 1.66. The fourth-order valence-corrected chi connectivity index (χ4v) is 5.99. The Morgan fingerprint density at radius 3 is 2.74 bits per heavy atom. The molecule has 2 unspecified atom stereocenters. The highest BCUT2D eigenvalue weighted by Crippen LogP contribution is 2.49. The Kier molecular flexibility index (Phi) is 5.14. The molecular formula is C23H20BrNO5S. The first-order valence-electron chi connectivity index (χ1n) is 9.92. The van der Waals surface area contributed by atoms with Crippen molar-refractivity contribution in [2.45, 2.75) is 31.6 Å². The molecule has 1 aromatic heterocycles. The highest BCUT2D eigenvalue weighted by Gasteiger charge is 2.42. The van der Waals surface area contributed by atoms with Gasteiger partial charge in [0.15, 0.2) is 17.3 Å². The maximum atomic E-state index is 13.5. The van der Waals surface area contributed by atoms with Gasteiger partial charge in [-0.05, 0) is 42.5 Å². The van der Waals surface area contributed by atoms with Gasteiger partial charge in [0.05, 0.1) is 12.7 Å². The summed E-state index contributed by atoms with van der Waals surface area (Å²) in [6.07, 6.45) is 1.12. The van der Waals surface area contributed by atoms with Crippen molar-refractivity contribution in [3.8, 4) is 11.5 Å². The summed E-state index contributed by atoms with van der Waals surface area (Å²) in [6, 6.07) is 7.76. The summed E-state index contributed by atoms with van der Waals surface area (Å²) in [4.78, 5) is 27.5. The highest BCUT2D eigenvalue weighted by atomic mass is 79.9. The molecule has 3 aliphatic rings. The van der Waals surface area contributed by atoms with Crippen LogP contribution < -0.4 is 14.8 Å². The van der Waals surface area contributed by atoms with Gasteiger partial charge < -0.3 is 19.5 Å². The number of Topliss-reactive ketones (excluding diaryl/α,β-unsaturated/α-hetero) is 1. The van der Waals surface area contributed by atoms with E-state index in [4.69, 9.17) is 14.2 Å². The fraction of sp³-hybridized carbons (Fsp3) is 0.304. The van der Waals surface area contributed by atoms with Gasteiger partial charge in [-0.1, -0.05) is 22.0 Å². The number of ether oxygens (including phenoxy) is 3. The summed E-state index contributed by atoms with van der Waals surface area (Å²) in [5.41, 5.74) is 3.40. The lowest BCUT2D eigenvalue weighted by atomic mass is 9.72. The van der Waals surface area contributed by atoms with Crippen LogP contribution in [0.4, 0.5) is 0 Å². The molecule has 2 atom stereocenters. The van der Waals surface area contributed by atoms with E-state index in [1.165, 1.54) is 12.0 Å². The molecule has 8 heteroatoms. The average molecular weight is 502 g/mol. The summed E-state index contributed by atoms with van der Waals surface area (Å²) in [6.45, 7) is 1.99. The number of hydrogen-bond acceptors (Lipinski definition) is 7. The number of carbonyl (C=O) groups is 2. The van der Waals surface area contributed by atoms with Crippen LogP contribution in [0.2, 0.25) is 0 Å². The van der Waals surface area contributed by atoms with Crippen LogP contribution in [0.3, 0.4) is 0 Å². The molecule has 0 fully saturated rings. The molecule has 2 aromatic rings. The van der Waals surface area contributed by atoms with Crippen LogP contribution in [0, 0.1) is 0 Å². The van der Waals surface area contributed by atoms with Crippen LogP contribution in [0.15, 0.2) is 56.7 Å². The molecule has 0 bridgehead atoms. The van der Waals surface area contributed by atoms with Crippen molar-refractivity contribution in [3.05, 3.63) is 67.1 Å². The molecule has 3 heterocycles. The van der Waals surface area contributed by atoms with Gasteiger partial charge in [-0.15, -0.1) is 11.3 Å². The Morgan fingerprint density at radius 2 is 2.03 bits per heavy atom. The lowest BCUT2D eigenvalue weighted by molar-refractivity contribution is -0.136. The number of halogens is 1. The Bertz CT molecular complexity index is 1150. The third-order valence-corrected chi connectivity index (χ3v) is 7.70. The van der Waals surface area contributed by atoms with Gasteiger partial charge in [-0.25, -0.2) is 4.79 Å². The van der Waals surface area contributed by atoms with Gasteiger partial charge >= 0.3 is 5.97 Å². The van der Waals surface area contributed by atoms with E-state index >= 15 is 0 Å². The van der Waals surface area contributed by atoms with Gasteiger partial charge in [-0.2, -0.15) is 0 Å². The van der Waals surface area contributed by atoms with Crippen LogP contribution in [0.5, 0.6) is 11.5 Å². The number of thiophene rings is 1. The minimum absolute atomic E-state index is 0.0376. The molecule has 31 heavy (non-hydrogen) atoms. The second kappa shape index (κ2) is 7.84. The molecule has 0 amide bonds. The summed E-state index contributed by atoms with van der Waals surface area (Å²) in [5.74, 6) is 0.388. The van der Waals surface area contributed by atoms with E-state index in [0.29, 0.717) is 41.2 Å². The maximum absolute atomic E-state index is 13.5. The minimum Gasteiger partial charge on any atom is -0.466 e. The van der Waals surface area contributed by atoms with Gasteiger partial charge in [0.2, 0.25) is 6.79 Å². The topological polar surface area (TPSA) is 73.9 Å². The summed E-state index contributed by atoms with van der Waals surface area (Å²) in [7, 11) is 1.35. The van der Waals surface area contributed by atoms with Gasteiger partial charge in [-0.3, -0.25) is 4.79 Å². The number of ketones is 1. The van der Waals surface area contributed by atoms with Crippen molar-refractivity contribution in [2.75, 3.05) is 13.9 Å². The maximum Gasteiger partial charge on any atom is 0.336 e. The van der Waals surface area contributed by atoms with Crippen molar-refractivity contribution in [2.24, 2.45) is 0 Å². The van der Waals surface area contributed by atoms with E-state index in [0.717, 1.165) is 15.7 Å². The monoisotopic (exact) mass is 501 g/mol. The average Bonchev–Trinajstić information content (AvgIpc) is 3.43. The van der Waals surface area contributed by atoms with Crippen molar-refractivity contribution in [3.63, 3.8) is 0 Å². The molecule has 5 rings (SSSR count). The number of esters is 1. The second-order valence-electron chi connectivity index (χ2n) is 7.75.